The Balaban J connectivity index is 2.35. The van der Waals surface area contributed by atoms with E-state index < -0.39 is 6.10 Å². The monoisotopic (exact) mass is 319 g/mol. The Bertz CT molecular complexity index is 648. The highest BCUT2D eigenvalue weighted by molar-refractivity contribution is 5.86. The SMILES string of the molecule is CCCC[C@@H](Nc1nc(N)nc2cc(OCC)cnc12)C(C)O. The van der Waals surface area contributed by atoms with Gasteiger partial charge in [0.1, 0.15) is 16.8 Å². The van der Waals surface area contributed by atoms with E-state index in [4.69, 9.17) is 10.5 Å². The zero-order chi connectivity index (χ0) is 16.8. The summed E-state index contributed by atoms with van der Waals surface area (Å²) in [7, 11) is 0. The molecule has 4 N–H and O–H groups in total. The van der Waals surface area contributed by atoms with Gasteiger partial charge in [0.25, 0.3) is 0 Å². The van der Waals surface area contributed by atoms with Crippen LogP contribution in [0, 0.1) is 0 Å². The van der Waals surface area contributed by atoms with Crippen molar-refractivity contribution < 1.29 is 9.84 Å². The number of ether oxygens (including phenoxy) is 1. The molecule has 0 saturated carbocycles. The molecule has 2 rings (SSSR count). The largest absolute Gasteiger partial charge is 0.492 e. The fourth-order valence-corrected chi connectivity index (χ4v) is 2.40. The number of rotatable bonds is 8. The number of nitrogens with one attached hydrogen (secondary N) is 1. The Hall–Kier alpha value is -2.15. The summed E-state index contributed by atoms with van der Waals surface area (Å²) in [6, 6.07) is 1.68. The summed E-state index contributed by atoms with van der Waals surface area (Å²) in [4.78, 5) is 12.8. The lowest BCUT2D eigenvalue weighted by molar-refractivity contribution is 0.166. The molecular weight excluding hydrogens is 294 g/mol. The maximum atomic E-state index is 9.98. The normalized spacial score (nSPS) is 13.7. The Kier molecular flexibility index (Phi) is 5.92. The molecule has 0 aliphatic rings. The second kappa shape index (κ2) is 7.92. The van der Waals surface area contributed by atoms with Gasteiger partial charge in [-0.05, 0) is 20.3 Å². The third-order valence-electron chi connectivity index (χ3n) is 3.61. The minimum Gasteiger partial charge on any atom is -0.492 e. The molecule has 2 heterocycles. The summed E-state index contributed by atoms with van der Waals surface area (Å²) < 4.78 is 5.44. The van der Waals surface area contributed by atoms with Crippen LogP contribution in [0.3, 0.4) is 0 Å². The predicted octanol–water partition coefficient (Wildman–Crippen LogP) is 2.36. The summed E-state index contributed by atoms with van der Waals surface area (Å²) in [5.74, 6) is 1.34. The van der Waals surface area contributed by atoms with Crippen molar-refractivity contribution in [2.75, 3.05) is 17.7 Å². The van der Waals surface area contributed by atoms with Crippen molar-refractivity contribution in [3.8, 4) is 5.75 Å². The van der Waals surface area contributed by atoms with E-state index in [0.29, 0.717) is 29.2 Å². The van der Waals surface area contributed by atoms with Gasteiger partial charge in [0, 0.05) is 6.07 Å². The van der Waals surface area contributed by atoms with Crippen LogP contribution in [-0.2, 0) is 0 Å². The van der Waals surface area contributed by atoms with Crippen LogP contribution in [0.2, 0.25) is 0 Å². The smallest absolute Gasteiger partial charge is 0.222 e. The molecule has 0 aromatic carbocycles. The molecule has 0 aliphatic heterocycles. The van der Waals surface area contributed by atoms with E-state index >= 15 is 0 Å². The first-order chi connectivity index (χ1) is 11.0. The number of nitrogens with two attached hydrogens (primary N) is 1. The molecule has 0 amide bonds. The Labute approximate surface area is 136 Å². The maximum Gasteiger partial charge on any atom is 0.222 e. The minimum atomic E-state index is -0.504. The molecule has 7 heteroatoms. The third-order valence-corrected chi connectivity index (χ3v) is 3.61. The van der Waals surface area contributed by atoms with E-state index in [1.807, 2.05) is 6.92 Å². The van der Waals surface area contributed by atoms with E-state index in [1.165, 1.54) is 0 Å². The third kappa shape index (κ3) is 4.41. The van der Waals surface area contributed by atoms with Crippen molar-refractivity contribution in [2.45, 2.75) is 52.2 Å². The Morgan fingerprint density at radius 3 is 2.78 bits per heavy atom. The van der Waals surface area contributed by atoms with Gasteiger partial charge in [0.15, 0.2) is 5.82 Å². The van der Waals surface area contributed by atoms with Crippen LogP contribution in [0.1, 0.15) is 40.0 Å². The zero-order valence-electron chi connectivity index (χ0n) is 13.9. The van der Waals surface area contributed by atoms with Crippen LogP contribution < -0.4 is 15.8 Å². The molecule has 0 saturated heterocycles. The van der Waals surface area contributed by atoms with Gasteiger partial charge in [-0.2, -0.15) is 4.98 Å². The minimum absolute atomic E-state index is 0.110. The average molecular weight is 319 g/mol. The highest BCUT2D eigenvalue weighted by atomic mass is 16.5. The van der Waals surface area contributed by atoms with E-state index in [1.54, 1.807) is 19.2 Å². The van der Waals surface area contributed by atoms with Crippen LogP contribution >= 0.6 is 0 Å². The van der Waals surface area contributed by atoms with Gasteiger partial charge >= 0.3 is 0 Å². The number of unbranched alkanes of at least 4 members (excludes halogenated alkanes) is 1. The summed E-state index contributed by atoms with van der Waals surface area (Å²) in [6.07, 6.45) is 4.06. The molecule has 0 fully saturated rings. The van der Waals surface area contributed by atoms with Crippen molar-refractivity contribution in [2.24, 2.45) is 0 Å². The molecule has 0 spiro atoms. The zero-order valence-corrected chi connectivity index (χ0v) is 13.9. The van der Waals surface area contributed by atoms with Gasteiger partial charge < -0.3 is 20.9 Å². The van der Waals surface area contributed by atoms with Gasteiger partial charge in [-0.1, -0.05) is 19.8 Å². The van der Waals surface area contributed by atoms with Gasteiger partial charge in [-0.15, -0.1) is 0 Å². The van der Waals surface area contributed by atoms with Crippen LogP contribution in [0.15, 0.2) is 12.3 Å². The van der Waals surface area contributed by atoms with Crippen molar-refractivity contribution in [1.29, 1.82) is 0 Å². The number of aliphatic hydroxyl groups is 1. The van der Waals surface area contributed by atoms with Crippen molar-refractivity contribution in [3.63, 3.8) is 0 Å². The standard InChI is InChI=1S/C16H25N5O2/c1-4-6-7-12(10(3)22)19-15-14-13(20-16(17)21-15)8-11(9-18-14)23-5-2/h8-10,12,22H,4-7H2,1-3H3,(H3,17,19,20,21)/t10?,12-/m1/s1. The van der Waals surface area contributed by atoms with Gasteiger partial charge in [0.05, 0.1) is 24.9 Å². The molecule has 0 radical (unpaired) electrons. The number of hydrogen-bond acceptors (Lipinski definition) is 7. The number of anilines is 2. The van der Waals surface area contributed by atoms with Crippen LogP contribution in [0.5, 0.6) is 5.75 Å². The molecule has 23 heavy (non-hydrogen) atoms. The van der Waals surface area contributed by atoms with E-state index in [9.17, 15) is 5.11 Å². The van der Waals surface area contributed by atoms with E-state index in [2.05, 4.69) is 27.2 Å². The second-order valence-corrected chi connectivity index (χ2v) is 5.54. The molecule has 7 nitrogen and oxygen atoms in total. The topological polar surface area (TPSA) is 106 Å². The first-order valence-corrected chi connectivity index (χ1v) is 8.05. The Morgan fingerprint density at radius 2 is 2.13 bits per heavy atom. The summed E-state index contributed by atoms with van der Waals surface area (Å²) >= 11 is 0. The number of hydrogen-bond donors (Lipinski definition) is 3. The summed E-state index contributed by atoms with van der Waals surface area (Å²) in [6.45, 7) is 6.35. The average Bonchev–Trinajstić information content (AvgIpc) is 2.50. The van der Waals surface area contributed by atoms with Crippen molar-refractivity contribution in [3.05, 3.63) is 12.3 Å². The quantitative estimate of drug-likeness (QED) is 0.685. The first kappa shape index (κ1) is 17.2. The summed E-state index contributed by atoms with van der Waals surface area (Å²) in [5.41, 5.74) is 7.04. The summed E-state index contributed by atoms with van der Waals surface area (Å²) in [5, 5.41) is 13.2. The number of aliphatic hydroxyl groups excluding tert-OH is 1. The van der Waals surface area contributed by atoms with Gasteiger partial charge in [-0.25, -0.2) is 9.97 Å². The second-order valence-electron chi connectivity index (χ2n) is 5.54. The highest BCUT2D eigenvalue weighted by Crippen LogP contribution is 2.24. The fraction of sp³-hybridized carbons (Fsp3) is 0.562. The van der Waals surface area contributed by atoms with Crippen LogP contribution in [0.4, 0.5) is 11.8 Å². The maximum absolute atomic E-state index is 9.98. The molecular formula is C16H25N5O2. The lowest BCUT2D eigenvalue weighted by Gasteiger charge is -2.22. The molecule has 2 atom stereocenters. The lowest BCUT2D eigenvalue weighted by Crippen LogP contribution is -2.32. The number of nitrogen functional groups attached to an aromatic ring is 1. The predicted molar refractivity (Wildman–Crippen MR) is 91.5 cm³/mol. The molecule has 1 unspecified atom stereocenters. The van der Waals surface area contributed by atoms with E-state index in [-0.39, 0.29) is 12.0 Å². The van der Waals surface area contributed by atoms with Crippen LogP contribution in [-0.4, -0.2) is 38.8 Å². The van der Waals surface area contributed by atoms with Crippen molar-refractivity contribution in [1.82, 2.24) is 15.0 Å². The van der Waals surface area contributed by atoms with Gasteiger partial charge in [-0.3, -0.25) is 0 Å². The fourth-order valence-electron chi connectivity index (χ4n) is 2.40. The number of pyridine rings is 1. The molecule has 0 aliphatic carbocycles. The molecule has 126 valence electrons. The number of fused-ring (bicyclic) bond motifs is 1. The number of nitrogens with zero attached hydrogens (tertiary/aromatic N) is 3. The van der Waals surface area contributed by atoms with Crippen LogP contribution in [0.25, 0.3) is 11.0 Å². The highest BCUT2D eigenvalue weighted by Gasteiger charge is 2.18. The van der Waals surface area contributed by atoms with E-state index in [0.717, 1.165) is 19.3 Å². The Morgan fingerprint density at radius 1 is 1.35 bits per heavy atom. The lowest BCUT2D eigenvalue weighted by atomic mass is 10.1. The molecule has 0 bridgehead atoms. The van der Waals surface area contributed by atoms with Crippen molar-refractivity contribution >= 4 is 22.8 Å². The molecule has 2 aromatic heterocycles. The molecule has 2 aromatic rings. The van der Waals surface area contributed by atoms with Gasteiger partial charge in [0.2, 0.25) is 5.95 Å². The first-order valence-electron chi connectivity index (χ1n) is 8.05. The number of aromatic nitrogens is 3.